The predicted octanol–water partition coefficient (Wildman–Crippen LogP) is 0.360. The van der Waals surface area contributed by atoms with Crippen LogP contribution in [0.15, 0.2) is 4.99 Å². The molecule has 5 nitrogen and oxygen atoms in total. The van der Waals surface area contributed by atoms with Gasteiger partial charge in [0.2, 0.25) is 5.91 Å². The summed E-state index contributed by atoms with van der Waals surface area (Å²) in [5.74, 6) is 0.496. The van der Waals surface area contributed by atoms with Crippen molar-refractivity contribution in [2.75, 3.05) is 13.1 Å². The lowest BCUT2D eigenvalue weighted by molar-refractivity contribution is -0.120. The number of carbonyl (C=O) groups is 1. The van der Waals surface area contributed by atoms with Gasteiger partial charge in [-0.25, -0.2) is 0 Å². The van der Waals surface area contributed by atoms with Crippen LogP contribution in [0.5, 0.6) is 0 Å². The van der Waals surface area contributed by atoms with Gasteiger partial charge in [0.05, 0.1) is 6.54 Å². The van der Waals surface area contributed by atoms with E-state index in [0.29, 0.717) is 31.5 Å². The Morgan fingerprint density at radius 3 is 2.75 bits per heavy atom. The van der Waals surface area contributed by atoms with E-state index < -0.39 is 0 Å². The number of rotatable bonds is 5. The molecule has 16 heavy (non-hydrogen) atoms. The predicted molar refractivity (Wildman–Crippen MR) is 65.2 cm³/mol. The highest BCUT2D eigenvalue weighted by Crippen LogP contribution is 2.17. The molecule has 0 spiro atoms. The zero-order chi connectivity index (χ0) is 11.8. The van der Waals surface area contributed by atoms with Crippen LogP contribution in [0, 0.1) is 0 Å². The molecule has 0 bridgehead atoms. The minimum atomic E-state index is 0.0277. The summed E-state index contributed by atoms with van der Waals surface area (Å²) < 4.78 is 0. The molecule has 5 heteroatoms. The lowest BCUT2D eigenvalue weighted by Gasteiger charge is -2.12. The number of aliphatic imine (C=N–C) groups is 1. The van der Waals surface area contributed by atoms with E-state index in [1.807, 2.05) is 6.92 Å². The highest BCUT2D eigenvalue weighted by Gasteiger charge is 2.14. The van der Waals surface area contributed by atoms with E-state index in [-0.39, 0.29) is 5.91 Å². The average Bonchev–Trinajstić information content (AvgIpc) is 2.70. The largest absolute Gasteiger partial charge is 0.370 e. The Labute approximate surface area is 96.9 Å². The third-order valence-electron chi connectivity index (χ3n) is 2.70. The zero-order valence-corrected chi connectivity index (χ0v) is 9.96. The first-order valence-electron chi connectivity index (χ1n) is 6.05. The Bertz CT molecular complexity index is 246. The molecule has 0 heterocycles. The van der Waals surface area contributed by atoms with E-state index in [2.05, 4.69) is 15.6 Å². The van der Waals surface area contributed by atoms with Gasteiger partial charge in [-0.1, -0.05) is 12.8 Å². The van der Waals surface area contributed by atoms with Crippen LogP contribution in [0.2, 0.25) is 0 Å². The maximum Gasteiger partial charge on any atom is 0.221 e. The number of nitrogens with two attached hydrogens (primary N) is 1. The maximum absolute atomic E-state index is 11.1. The molecule has 1 rings (SSSR count). The van der Waals surface area contributed by atoms with Crippen molar-refractivity contribution in [2.45, 2.75) is 45.1 Å². The van der Waals surface area contributed by atoms with Crippen molar-refractivity contribution in [2.24, 2.45) is 10.7 Å². The number of hydrogen-bond donors (Lipinski definition) is 3. The van der Waals surface area contributed by atoms with Crippen LogP contribution in [0.4, 0.5) is 0 Å². The Balaban J connectivity index is 2.14. The summed E-state index contributed by atoms with van der Waals surface area (Å²) in [6.07, 6.45) is 5.29. The second kappa shape index (κ2) is 7.09. The maximum atomic E-state index is 11.1. The second-order valence-corrected chi connectivity index (χ2v) is 4.10. The number of hydrogen-bond acceptors (Lipinski definition) is 2. The first kappa shape index (κ1) is 12.8. The van der Waals surface area contributed by atoms with Crippen molar-refractivity contribution in [3.05, 3.63) is 0 Å². The SMILES string of the molecule is CCNC(=O)CCN=C(N)NC1CCCC1. The molecule has 0 aromatic rings. The normalized spacial score (nSPS) is 17.4. The molecule has 0 atom stereocenters. The van der Waals surface area contributed by atoms with Gasteiger partial charge in [-0.15, -0.1) is 0 Å². The van der Waals surface area contributed by atoms with Gasteiger partial charge in [-0.05, 0) is 19.8 Å². The summed E-state index contributed by atoms with van der Waals surface area (Å²) in [5.41, 5.74) is 5.72. The molecule has 1 aliphatic carbocycles. The van der Waals surface area contributed by atoms with E-state index >= 15 is 0 Å². The molecular formula is C11H22N4O. The highest BCUT2D eigenvalue weighted by atomic mass is 16.1. The fourth-order valence-corrected chi connectivity index (χ4v) is 1.89. The lowest BCUT2D eigenvalue weighted by atomic mass is 10.2. The summed E-state index contributed by atoms with van der Waals surface area (Å²) in [6.45, 7) is 3.02. The zero-order valence-electron chi connectivity index (χ0n) is 9.96. The molecule has 0 aromatic carbocycles. The van der Waals surface area contributed by atoms with Gasteiger partial charge in [0.15, 0.2) is 5.96 Å². The van der Waals surface area contributed by atoms with Crippen molar-refractivity contribution < 1.29 is 4.79 Å². The first-order chi connectivity index (χ1) is 7.72. The molecule has 4 N–H and O–H groups in total. The van der Waals surface area contributed by atoms with Crippen molar-refractivity contribution in [1.82, 2.24) is 10.6 Å². The van der Waals surface area contributed by atoms with Gasteiger partial charge in [0.25, 0.3) is 0 Å². The van der Waals surface area contributed by atoms with Crippen molar-refractivity contribution in [3.63, 3.8) is 0 Å². The highest BCUT2D eigenvalue weighted by molar-refractivity contribution is 5.79. The molecule has 1 amide bonds. The molecule has 0 aliphatic heterocycles. The molecule has 1 aliphatic rings. The first-order valence-corrected chi connectivity index (χ1v) is 6.05. The van der Waals surface area contributed by atoms with Crippen LogP contribution in [-0.4, -0.2) is 31.0 Å². The molecule has 1 fully saturated rings. The molecule has 0 unspecified atom stereocenters. The molecule has 1 saturated carbocycles. The van der Waals surface area contributed by atoms with Crippen molar-refractivity contribution >= 4 is 11.9 Å². The molecule has 0 radical (unpaired) electrons. The third kappa shape index (κ3) is 5.00. The van der Waals surface area contributed by atoms with E-state index in [1.165, 1.54) is 25.7 Å². The van der Waals surface area contributed by atoms with Gasteiger partial charge in [-0.3, -0.25) is 9.79 Å². The van der Waals surface area contributed by atoms with Gasteiger partial charge in [0.1, 0.15) is 0 Å². The summed E-state index contributed by atoms with van der Waals surface area (Å²) in [6, 6.07) is 0.480. The Morgan fingerprint density at radius 1 is 1.44 bits per heavy atom. The Morgan fingerprint density at radius 2 is 2.12 bits per heavy atom. The van der Waals surface area contributed by atoms with E-state index in [4.69, 9.17) is 5.73 Å². The second-order valence-electron chi connectivity index (χ2n) is 4.10. The van der Waals surface area contributed by atoms with E-state index in [9.17, 15) is 4.79 Å². The van der Waals surface area contributed by atoms with Crippen LogP contribution < -0.4 is 16.4 Å². The van der Waals surface area contributed by atoms with Crippen LogP contribution in [0.3, 0.4) is 0 Å². The summed E-state index contributed by atoms with van der Waals surface area (Å²) in [5, 5.41) is 5.90. The topological polar surface area (TPSA) is 79.5 Å². The van der Waals surface area contributed by atoms with Gasteiger partial charge >= 0.3 is 0 Å². The third-order valence-corrected chi connectivity index (χ3v) is 2.70. The average molecular weight is 226 g/mol. The van der Waals surface area contributed by atoms with Crippen molar-refractivity contribution in [1.29, 1.82) is 0 Å². The molecule has 0 aromatic heterocycles. The smallest absolute Gasteiger partial charge is 0.221 e. The van der Waals surface area contributed by atoms with E-state index in [0.717, 1.165) is 0 Å². The number of amides is 1. The summed E-state index contributed by atoms with van der Waals surface area (Å²) in [7, 11) is 0. The van der Waals surface area contributed by atoms with Gasteiger partial charge < -0.3 is 16.4 Å². The van der Waals surface area contributed by atoms with Gasteiger partial charge in [0, 0.05) is 19.0 Å². The number of guanidine groups is 1. The standard InChI is InChI=1S/C11H22N4O/c1-2-13-10(16)7-8-14-11(12)15-9-5-3-4-6-9/h9H,2-8H2,1H3,(H,13,16)(H3,12,14,15). The number of nitrogens with zero attached hydrogens (tertiary/aromatic N) is 1. The van der Waals surface area contributed by atoms with Gasteiger partial charge in [-0.2, -0.15) is 0 Å². The van der Waals surface area contributed by atoms with Crippen LogP contribution in [-0.2, 0) is 4.79 Å². The lowest BCUT2D eigenvalue weighted by Crippen LogP contribution is -2.38. The number of carbonyl (C=O) groups excluding carboxylic acids is 1. The minimum absolute atomic E-state index is 0.0277. The monoisotopic (exact) mass is 226 g/mol. The minimum Gasteiger partial charge on any atom is -0.370 e. The Hall–Kier alpha value is -1.26. The molecular weight excluding hydrogens is 204 g/mol. The molecule has 0 saturated heterocycles. The molecule has 92 valence electrons. The quantitative estimate of drug-likeness (QED) is 0.468. The van der Waals surface area contributed by atoms with Crippen LogP contribution >= 0.6 is 0 Å². The van der Waals surface area contributed by atoms with Crippen LogP contribution in [0.1, 0.15) is 39.0 Å². The fourth-order valence-electron chi connectivity index (χ4n) is 1.89. The summed E-state index contributed by atoms with van der Waals surface area (Å²) >= 11 is 0. The van der Waals surface area contributed by atoms with Crippen LogP contribution in [0.25, 0.3) is 0 Å². The summed E-state index contributed by atoms with van der Waals surface area (Å²) in [4.78, 5) is 15.3. The Kier molecular flexibility index (Phi) is 5.67. The van der Waals surface area contributed by atoms with Crippen molar-refractivity contribution in [3.8, 4) is 0 Å². The fraction of sp³-hybridized carbons (Fsp3) is 0.818. The number of nitrogens with one attached hydrogen (secondary N) is 2. The van der Waals surface area contributed by atoms with E-state index in [1.54, 1.807) is 0 Å².